The molecule has 1 fully saturated rings. The number of anilines is 1. The highest BCUT2D eigenvalue weighted by molar-refractivity contribution is 7.98. The van der Waals surface area contributed by atoms with Gasteiger partial charge in [-0.05, 0) is 19.6 Å². The van der Waals surface area contributed by atoms with Crippen LogP contribution in [0.3, 0.4) is 0 Å². The van der Waals surface area contributed by atoms with Gasteiger partial charge in [0, 0.05) is 31.4 Å². The molecule has 1 aliphatic rings. The van der Waals surface area contributed by atoms with Crippen molar-refractivity contribution in [3.05, 3.63) is 15.9 Å². The summed E-state index contributed by atoms with van der Waals surface area (Å²) in [6.45, 7) is 6.73. The van der Waals surface area contributed by atoms with E-state index in [0.717, 1.165) is 37.4 Å². The molecule has 160 valence electrons. The van der Waals surface area contributed by atoms with Crippen LogP contribution in [0, 0.1) is 0 Å². The first-order valence-electron chi connectivity index (χ1n) is 8.71. The highest BCUT2D eigenvalue weighted by Gasteiger charge is 2.38. The Hall–Kier alpha value is -2.41. The van der Waals surface area contributed by atoms with Crippen LogP contribution in [0.1, 0.15) is 19.5 Å². The van der Waals surface area contributed by atoms with E-state index in [1.807, 2.05) is 13.2 Å². The number of carboxylic acids is 1. The summed E-state index contributed by atoms with van der Waals surface area (Å²) in [6, 6.07) is 0.271. The average molecular weight is 434 g/mol. The second-order valence-corrected chi connectivity index (χ2v) is 6.95. The molecule has 0 amide bonds. The fraction of sp³-hybridized carbons (Fsp3) is 0.562. The zero-order valence-electron chi connectivity index (χ0n) is 16.0. The average Bonchev–Trinajstić information content (AvgIpc) is 2.68. The summed E-state index contributed by atoms with van der Waals surface area (Å²) in [7, 11) is 0. The summed E-state index contributed by atoms with van der Waals surface area (Å²) in [4.78, 5) is 31.7. The minimum atomic E-state index is -5.08. The molecule has 0 bridgehead atoms. The largest absolute Gasteiger partial charge is 0.490 e. The standard InChI is InChI=1S/C14H20N6OS.C2HF3O2/c1-4-9-11(20-6-5-15-7-8(20)2)12(21)10-13(16-9)18-19-14(17-10)22-3;3-2(4,5)1(6)7/h8,15H,4-7H2,1-3H3,(H,16,18,21);(H,6,7)/t8-;/m0./s1. The molecule has 29 heavy (non-hydrogen) atoms. The molecule has 3 heterocycles. The number of alkyl halides is 3. The number of H-pyrrole nitrogens is 1. The normalized spacial score (nSPS) is 17.0. The van der Waals surface area contributed by atoms with Crippen LogP contribution < -0.4 is 15.6 Å². The third-order valence-electron chi connectivity index (χ3n) is 4.22. The van der Waals surface area contributed by atoms with Crippen LogP contribution in [-0.2, 0) is 11.2 Å². The second kappa shape index (κ2) is 9.39. The van der Waals surface area contributed by atoms with Gasteiger partial charge in [-0.25, -0.2) is 9.78 Å². The number of pyridine rings is 1. The van der Waals surface area contributed by atoms with Crippen molar-refractivity contribution < 1.29 is 23.1 Å². The highest BCUT2D eigenvalue weighted by Crippen LogP contribution is 2.21. The number of piperazine rings is 1. The van der Waals surface area contributed by atoms with Gasteiger partial charge >= 0.3 is 12.1 Å². The Morgan fingerprint density at radius 3 is 2.55 bits per heavy atom. The van der Waals surface area contributed by atoms with Crippen molar-refractivity contribution in [3.8, 4) is 0 Å². The lowest BCUT2D eigenvalue weighted by Gasteiger charge is -2.36. The molecule has 13 heteroatoms. The Bertz CT molecular complexity index is 936. The number of nitrogens with zero attached hydrogens (tertiary/aromatic N) is 4. The van der Waals surface area contributed by atoms with Crippen LogP contribution in [0.15, 0.2) is 9.95 Å². The molecule has 0 spiro atoms. The summed E-state index contributed by atoms with van der Waals surface area (Å²) < 4.78 is 31.7. The quantitative estimate of drug-likeness (QED) is 0.615. The number of fused-ring (bicyclic) bond motifs is 1. The summed E-state index contributed by atoms with van der Waals surface area (Å²) in [5.74, 6) is -2.76. The Kier molecular flexibility index (Phi) is 7.41. The van der Waals surface area contributed by atoms with Gasteiger partial charge in [-0.1, -0.05) is 18.7 Å². The van der Waals surface area contributed by atoms with E-state index in [1.165, 1.54) is 11.8 Å². The molecular weight excluding hydrogens is 413 g/mol. The monoisotopic (exact) mass is 434 g/mol. The molecule has 9 nitrogen and oxygen atoms in total. The lowest BCUT2D eigenvalue weighted by Crippen LogP contribution is -2.51. The van der Waals surface area contributed by atoms with Crippen LogP contribution in [0.5, 0.6) is 0 Å². The molecule has 0 aromatic carbocycles. The van der Waals surface area contributed by atoms with E-state index in [4.69, 9.17) is 9.90 Å². The number of aromatic amines is 1. The molecule has 1 saturated heterocycles. The van der Waals surface area contributed by atoms with Crippen molar-refractivity contribution >= 4 is 34.6 Å². The molecule has 0 radical (unpaired) electrons. The minimum Gasteiger partial charge on any atom is -0.475 e. The summed E-state index contributed by atoms with van der Waals surface area (Å²) >= 11 is 1.38. The van der Waals surface area contributed by atoms with Crippen molar-refractivity contribution in [2.45, 2.75) is 37.6 Å². The lowest BCUT2D eigenvalue weighted by atomic mass is 10.1. The van der Waals surface area contributed by atoms with Crippen molar-refractivity contribution in [3.63, 3.8) is 0 Å². The number of aryl methyl sites for hydroxylation is 1. The second-order valence-electron chi connectivity index (χ2n) is 6.18. The number of hydrogen-bond donors (Lipinski definition) is 3. The van der Waals surface area contributed by atoms with E-state index >= 15 is 0 Å². The predicted molar refractivity (Wildman–Crippen MR) is 102 cm³/mol. The Labute approximate surface area is 168 Å². The van der Waals surface area contributed by atoms with Gasteiger partial charge in [0.15, 0.2) is 11.2 Å². The maximum absolute atomic E-state index is 13.0. The zero-order chi connectivity index (χ0) is 21.8. The van der Waals surface area contributed by atoms with Crippen molar-refractivity contribution in [1.82, 2.24) is 25.5 Å². The topological polar surface area (TPSA) is 124 Å². The van der Waals surface area contributed by atoms with Gasteiger partial charge in [-0.15, -0.1) is 10.2 Å². The van der Waals surface area contributed by atoms with E-state index in [1.54, 1.807) is 0 Å². The van der Waals surface area contributed by atoms with Crippen LogP contribution in [0.25, 0.3) is 11.2 Å². The maximum atomic E-state index is 13.0. The molecule has 2 aromatic rings. The molecule has 0 unspecified atom stereocenters. The van der Waals surface area contributed by atoms with Gasteiger partial charge in [0.05, 0.1) is 0 Å². The Morgan fingerprint density at radius 1 is 1.38 bits per heavy atom. The number of thioether (sulfide) groups is 1. The zero-order valence-corrected chi connectivity index (χ0v) is 16.8. The number of carbonyl (C=O) groups is 1. The summed E-state index contributed by atoms with van der Waals surface area (Å²) in [6.07, 6.45) is -2.47. The molecule has 0 aliphatic carbocycles. The van der Waals surface area contributed by atoms with Crippen molar-refractivity contribution in [2.75, 3.05) is 30.8 Å². The molecule has 3 rings (SSSR count). The fourth-order valence-electron chi connectivity index (χ4n) is 2.82. The van der Waals surface area contributed by atoms with Crippen LogP contribution in [0.4, 0.5) is 18.9 Å². The van der Waals surface area contributed by atoms with E-state index in [-0.39, 0.29) is 11.5 Å². The molecule has 3 N–H and O–H groups in total. The van der Waals surface area contributed by atoms with Gasteiger partial charge in [0.2, 0.25) is 10.6 Å². The van der Waals surface area contributed by atoms with E-state index in [2.05, 4.69) is 37.3 Å². The van der Waals surface area contributed by atoms with Crippen molar-refractivity contribution in [1.29, 1.82) is 0 Å². The summed E-state index contributed by atoms with van der Waals surface area (Å²) in [5.41, 5.74) is 2.42. The van der Waals surface area contributed by atoms with Crippen LogP contribution in [0.2, 0.25) is 0 Å². The number of nitrogens with one attached hydrogen (secondary N) is 2. The third kappa shape index (κ3) is 5.35. The maximum Gasteiger partial charge on any atom is 0.490 e. The number of aromatic nitrogens is 4. The predicted octanol–water partition coefficient (Wildman–Crippen LogP) is 1.43. The molecule has 2 aromatic heterocycles. The number of aliphatic carboxylic acids is 1. The number of rotatable bonds is 3. The van der Waals surface area contributed by atoms with E-state index < -0.39 is 12.1 Å². The minimum absolute atomic E-state index is 0.0513. The van der Waals surface area contributed by atoms with Gasteiger partial charge in [-0.3, -0.25) is 4.79 Å². The fourth-order valence-corrected chi connectivity index (χ4v) is 3.13. The smallest absolute Gasteiger partial charge is 0.475 e. The molecular formula is C16H21F3N6O3S. The molecule has 1 atom stereocenters. The number of hydrogen-bond acceptors (Lipinski definition) is 8. The van der Waals surface area contributed by atoms with Crippen LogP contribution >= 0.6 is 11.8 Å². The molecule has 1 aliphatic heterocycles. The first kappa shape index (κ1) is 22.9. The van der Waals surface area contributed by atoms with E-state index in [0.29, 0.717) is 16.3 Å². The lowest BCUT2D eigenvalue weighted by molar-refractivity contribution is -0.192. The van der Waals surface area contributed by atoms with Gasteiger partial charge in [0.1, 0.15) is 5.69 Å². The summed E-state index contributed by atoms with van der Waals surface area (Å²) in [5, 5.41) is 19.1. The molecule has 0 saturated carbocycles. The van der Waals surface area contributed by atoms with Gasteiger partial charge in [0.25, 0.3) is 0 Å². The Morgan fingerprint density at radius 2 is 2.03 bits per heavy atom. The van der Waals surface area contributed by atoms with Gasteiger partial charge < -0.3 is 20.3 Å². The van der Waals surface area contributed by atoms with E-state index in [9.17, 15) is 18.0 Å². The van der Waals surface area contributed by atoms with Crippen molar-refractivity contribution in [2.24, 2.45) is 0 Å². The number of halogens is 3. The Balaban J connectivity index is 0.000000370. The third-order valence-corrected chi connectivity index (χ3v) is 4.76. The SMILES string of the molecule is CCc1[nH]c2nnc(SC)nc2c(=O)c1N1CCNC[C@@H]1C.O=C(O)C(F)(F)F. The first-order chi connectivity index (χ1) is 13.6. The first-order valence-corrected chi connectivity index (χ1v) is 9.93. The highest BCUT2D eigenvalue weighted by atomic mass is 32.2. The van der Waals surface area contributed by atoms with Crippen LogP contribution in [-0.4, -0.2) is 69.3 Å². The van der Waals surface area contributed by atoms with Gasteiger partial charge in [-0.2, -0.15) is 13.2 Å². The number of carboxylic acid groups (broad SMARTS) is 1.